The van der Waals surface area contributed by atoms with Crippen LogP contribution in [0.2, 0.25) is 0 Å². The van der Waals surface area contributed by atoms with Gasteiger partial charge in [0.25, 0.3) is 0 Å². The number of hydrogen-bond donors (Lipinski definition) is 2. The standard InChI is InChI=1S/C17H16N4O2S/c1-10-7-11(3-4-14(10)22)15-12(8-18)16(20)21-17(13(15)9-19)24-6-5-23-2/h3-4,7,22H,5-6H2,1-2H3,(H2,20,21). The van der Waals surface area contributed by atoms with E-state index in [0.717, 1.165) is 0 Å². The Morgan fingerprint density at radius 3 is 2.58 bits per heavy atom. The average Bonchev–Trinajstić information content (AvgIpc) is 2.57. The fraction of sp³-hybridized carbons (Fsp3) is 0.235. The number of thioether (sulfide) groups is 1. The highest BCUT2D eigenvalue weighted by atomic mass is 32.2. The van der Waals surface area contributed by atoms with E-state index in [9.17, 15) is 15.6 Å². The van der Waals surface area contributed by atoms with Crippen molar-refractivity contribution in [2.75, 3.05) is 25.2 Å². The van der Waals surface area contributed by atoms with E-state index in [1.54, 1.807) is 26.2 Å². The maximum Gasteiger partial charge on any atom is 0.143 e. The van der Waals surface area contributed by atoms with Crippen molar-refractivity contribution >= 4 is 17.6 Å². The summed E-state index contributed by atoms with van der Waals surface area (Å²) in [6.45, 7) is 2.25. The van der Waals surface area contributed by atoms with Crippen LogP contribution in [0, 0.1) is 29.6 Å². The van der Waals surface area contributed by atoms with Crippen molar-refractivity contribution in [3.8, 4) is 29.0 Å². The Labute approximate surface area is 144 Å². The van der Waals surface area contributed by atoms with E-state index >= 15 is 0 Å². The van der Waals surface area contributed by atoms with Gasteiger partial charge >= 0.3 is 0 Å². The maximum atomic E-state index is 9.71. The molecule has 0 fully saturated rings. The number of pyridine rings is 1. The number of hydrogen-bond acceptors (Lipinski definition) is 7. The van der Waals surface area contributed by atoms with Crippen molar-refractivity contribution in [3.63, 3.8) is 0 Å². The van der Waals surface area contributed by atoms with Crippen molar-refractivity contribution in [2.45, 2.75) is 11.9 Å². The number of aromatic nitrogens is 1. The number of nitrogens with zero attached hydrogens (tertiary/aromatic N) is 3. The Hall–Kier alpha value is -2.74. The predicted molar refractivity (Wildman–Crippen MR) is 92.5 cm³/mol. The Bertz CT molecular complexity index is 853. The van der Waals surface area contributed by atoms with Gasteiger partial charge in [0.05, 0.1) is 12.2 Å². The van der Waals surface area contributed by atoms with Gasteiger partial charge in [-0.3, -0.25) is 0 Å². The molecule has 0 aliphatic rings. The van der Waals surface area contributed by atoms with Crippen molar-refractivity contribution in [2.24, 2.45) is 0 Å². The first-order valence-electron chi connectivity index (χ1n) is 7.08. The third kappa shape index (κ3) is 3.43. The Morgan fingerprint density at radius 2 is 2.00 bits per heavy atom. The second-order valence-electron chi connectivity index (χ2n) is 4.99. The molecule has 0 unspecified atom stereocenters. The highest BCUT2D eigenvalue weighted by Crippen LogP contribution is 2.36. The van der Waals surface area contributed by atoms with E-state index in [4.69, 9.17) is 10.5 Å². The fourth-order valence-corrected chi connectivity index (χ4v) is 3.12. The summed E-state index contributed by atoms with van der Waals surface area (Å²) >= 11 is 1.35. The van der Waals surface area contributed by atoms with Crippen molar-refractivity contribution < 1.29 is 9.84 Å². The number of nitrogens with two attached hydrogens (primary N) is 1. The molecule has 0 amide bonds. The molecule has 0 bridgehead atoms. The van der Waals surface area contributed by atoms with Crippen LogP contribution in [-0.4, -0.2) is 29.6 Å². The highest BCUT2D eigenvalue weighted by Gasteiger charge is 2.20. The Morgan fingerprint density at radius 1 is 1.29 bits per heavy atom. The van der Waals surface area contributed by atoms with Crippen molar-refractivity contribution in [1.29, 1.82) is 10.5 Å². The first-order valence-corrected chi connectivity index (χ1v) is 8.07. The van der Waals surface area contributed by atoms with Gasteiger partial charge in [-0.15, -0.1) is 11.8 Å². The van der Waals surface area contributed by atoms with Crippen LogP contribution in [-0.2, 0) is 4.74 Å². The average molecular weight is 340 g/mol. The third-order valence-electron chi connectivity index (χ3n) is 3.43. The Balaban J connectivity index is 2.69. The molecule has 0 aliphatic carbocycles. The normalized spacial score (nSPS) is 10.2. The molecular formula is C17H16N4O2S. The number of methoxy groups -OCH3 is 1. The molecule has 1 heterocycles. The van der Waals surface area contributed by atoms with Crippen LogP contribution in [0.25, 0.3) is 11.1 Å². The summed E-state index contributed by atoms with van der Waals surface area (Å²) in [5.41, 5.74) is 8.11. The summed E-state index contributed by atoms with van der Waals surface area (Å²) in [6.07, 6.45) is 0. The molecule has 122 valence electrons. The largest absolute Gasteiger partial charge is 0.508 e. The number of ether oxygens (including phenoxy) is 1. The number of aryl methyl sites for hydroxylation is 1. The summed E-state index contributed by atoms with van der Waals surface area (Å²) in [6, 6.07) is 9.06. The summed E-state index contributed by atoms with van der Waals surface area (Å²) in [5.74, 6) is 0.835. The zero-order valence-electron chi connectivity index (χ0n) is 13.3. The van der Waals surface area contributed by atoms with Crippen LogP contribution in [0.5, 0.6) is 5.75 Å². The van der Waals surface area contributed by atoms with E-state index < -0.39 is 0 Å². The number of phenolic OH excluding ortho intramolecular Hbond substituents is 1. The van der Waals surface area contributed by atoms with Crippen molar-refractivity contribution in [1.82, 2.24) is 4.98 Å². The van der Waals surface area contributed by atoms with Crippen LogP contribution < -0.4 is 5.73 Å². The van der Waals surface area contributed by atoms with E-state index in [1.807, 2.05) is 6.07 Å². The monoisotopic (exact) mass is 340 g/mol. The third-order valence-corrected chi connectivity index (χ3v) is 4.37. The lowest BCUT2D eigenvalue weighted by atomic mass is 9.95. The van der Waals surface area contributed by atoms with Crippen LogP contribution in [0.15, 0.2) is 23.2 Å². The lowest BCUT2D eigenvalue weighted by Gasteiger charge is -2.13. The van der Waals surface area contributed by atoms with E-state index in [-0.39, 0.29) is 17.1 Å². The molecule has 0 saturated carbocycles. The van der Waals surface area contributed by atoms with Gasteiger partial charge < -0.3 is 15.6 Å². The molecular weight excluding hydrogens is 324 g/mol. The minimum Gasteiger partial charge on any atom is -0.508 e. The van der Waals surface area contributed by atoms with Gasteiger partial charge in [-0.05, 0) is 30.2 Å². The quantitative estimate of drug-likeness (QED) is 0.635. The molecule has 0 aliphatic heterocycles. The molecule has 3 N–H and O–H groups in total. The number of aromatic hydroxyl groups is 1. The molecule has 0 spiro atoms. The van der Waals surface area contributed by atoms with E-state index in [2.05, 4.69) is 11.1 Å². The summed E-state index contributed by atoms with van der Waals surface area (Å²) < 4.78 is 5.01. The first-order chi connectivity index (χ1) is 11.5. The molecule has 0 saturated heterocycles. The van der Waals surface area contributed by atoms with Crippen molar-refractivity contribution in [3.05, 3.63) is 34.9 Å². The zero-order valence-corrected chi connectivity index (χ0v) is 14.1. The highest BCUT2D eigenvalue weighted by molar-refractivity contribution is 7.99. The smallest absolute Gasteiger partial charge is 0.143 e. The zero-order chi connectivity index (χ0) is 17.7. The number of benzene rings is 1. The topological polar surface area (TPSA) is 116 Å². The molecule has 0 radical (unpaired) electrons. The molecule has 2 rings (SSSR count). The molecule has 1 aromatic carbocycles. The number of phenols is 1. The van der Waals surface area contributed by atoms with Gasteiger partial charge in [0.15, 0.2) is 0 Å². The van der Waals surface area contributed by atoms with Crippen LogP contribution in [0.3, 0.4) is 0 Å². The fourth-order valence-electron chi connectivity index (χ4n) is 2.22. The lowest BCUT2D eigenvalue weighted by Crippen LogP contribution is -2.04. The van der Waals surface area contributed by atoms with Crippen LogP contribution in [0.1, 0.15) is 16.7 Å². The van der Waals surface area contributed by atoms with Gasteiger partial charge in [-0.1, -0.05) is 6.07 Å². The van der Waals surface area contributed by atoms with Gasteiger partial charge in [-0.2, -0.15) is 10.5 Å². The molecule has 2 aromatic rings. The summed E-state index contributed by atoms with van der Waals surface area (Å²) in [5, 5.41) is 29.2. The number of rotatable bonds is 5. The molecule has 6 nitrogen and oxygen atoms in total. The second kappa shape index (κ2) is 7.69. The number of anilines is 1. The van der Waals surface area contributed by atoms with E-state index in [1.165, 1.54) is 17.8 Å². The summed E-state index contributed by atoms with van der Waals surface area (Å²) in [7, 11) is 1.59. The van der Waals surface area contributed by atoms with Crippen LogP contribution >= 0.6 is 11.8 Å². The minimum atomic E-state index is 0.0807. The predicted octanol–water partition coefficient (Wildman–Crippen LogP) is 2.83. The first kappa shape index (κ1) is 17.6. The number of nitrogen functional groups attached to an aromatic ring is 1. The Kier molecular flexibility index (Phi) is 5.64. The molecule has 1 aromatic heterocycles. The second-order valence-corrected chi connectivity index (χ2v) is 6.08. The lowest BCUT2D eigenvalue weighted by molar-refractivity contribution is 0.218. The van der Waals surface area contributed by atoms with Gasteiger partial charge in [0.1, 0.15) is 34.3 Å². The maximum absolute atomic E-state index is 9.71. The molecule has 7 heteroatoms. The minimum absolute atomic E-state index is 0.0807. The SMILES string of the molecule is COCCSc1nc(N)c(C#N)c(-c2ccc(O)c(C)c2)c1C#N. The van der Waals surface area contributed by atoms with Gasteiger partial charge in [-0.25, -0.2) is 4.98 Å². The molecule has 24 heavy (non-hydrogen) atoms. The molecule has 0 atom stereocenters. The van der Waals surface area contributed by atoms with E-state index in [0.29, 0.717) is 39.6 Å². The van der Waals surface area contributed by atoms with Crippen LogP contribution in [0.4, 0.5) is 5.82 Å². The van der Waals surface area contributed by atoms with Gasteiger partial charge in [0, 0.05) is 18.4 Å². The summed E-state index contributed by atoms with van der Waals surface area (Å²) in [4.78, 5) is 4.20. The number of nitriles is 2. The van der Waals surface area contributed by atoms with Gasteiger partial charge in [0.2, 0.25) is 0 Å².